The SMILES string of the molecule is COc1ccc(C(=O)C(C)Sc2nncn2-c2ccc(C)cc2C)cc1. The molecule has 134 valence electrons. The van der Waals surface area contributed by atoms with Crippen LogP contribution >= 0.6 is 11.8 Å². The molecule has 0 saturated heterocycles. The van der Waals surface area contributed by atoms with E-state index in [1.807, 2.05) is 17.6 Å². The van der Waals surface area contributed by atoms with Gasteiger partial charge in [0.15, 0.2) is 10.9 Å². The fourth-order valence-electron chi connectivity index (χ4n) is 2.75. The van der Waals surface area contributed by atoms with Gasteiger partial charge in [0.1, 0.15) is 12.1 Å². The van der Waals surface area contributed by atoms with Gasteiger partial charge < -0.3 is 4.74 Å². The Bertz CT molecular complexity index is 919. The molecule has 26 heavy (non-hydrogen) atoms. The molecule has 1 aromatic heterocycles. The molecule has 0 amide bonds. The lowest BCUT2D eigenvalue weighted by molar-refractivity contribution is 0.0994. The molecule has 0 radical (unpaired) electrons. The van der Waals surface area contributed by atoms with Gasteiger partial charge >= 0.3 is 0 Å². The first-order chi connectivity index (χ1) is 12.5. The number of ketones is 1. The van der Waals surface area contributed by atoms with Gasteiger partial charge in [0, 0.05) is 5.56 Å². The lowest BCUT2D eigenvalue weighted by Gasteiger charge is -2.13. The van der Waals surface area contributed by atoms with Gasteiger partial charge in [0.25, 0.3) is 0 Å². The van der Waals surface area contributed by atoms with Crippen molar-refractivity contribution in [1.29, 1.82) is 0 Å². The van der Waals surface area contributed by atoms with Gasteiger partial charge in [-0.25, -0.2) is 0 Å². The maximum absolute atomic E-state index is 12.7. The Labute approximate surface area is 157 Å². The minimum absolute atomic E-state index is 0.0489. The zero-order valence-corrected chi connectivity index (χ0v) is 16.1. The highest BCUT2D eigenvalue weighted by molar-refractivity contribution is 8.00. The number of benzene rings is 2. The van der Waals surface area contributed by atoms with Crippen molar-refractivity contribution >= 4 is 17.5 Å². The second kappa shape index (κ2) is 7.74. The summed E-state index contributed by atoms with van der Waals surface area (Å²) >= 11 is 1.41. The molecule has 1 heterocycles. The van der Waals surface area contributed by atoms with Crippen molar-refractivity contribution in [3.63, 3.8) is 0 Å². The van der Waals surface area contributed by atoms with Crippen LogP contribution in [0.1, 0.15) is 28.4 Å². The van der Waals surface area contributed by atoms with Gasteiger partial charge in [-0.2, -0.15) is 0 Å². The normalized spacial score (nSPS) is 12.0. The van der Waals surface area contributed by atoms with Crippen LogP contribution < -0.4 is 4.74 Å². The number of rotatable bonds is 6. The van der Waals surface area contributed by atoms with Crippen LogP contribution in [-0.2, 0) is 0 Å². The maximum atomic E-state index is 12.7. The zero-order chi connectivity index (χ0) is 18.7. The van der Waals surface area contributed by atoms with Crippen molar-refractivity contribution < 1.29 is 9.53 Å². The van der Waals surface area contributed by atoms with Gasteiger partial charge in [0.05, 0.1) is 18.0 Å². The van der Waals surface area contributed by atoms with E-state index in [-0.39, 0.29) is 11.0 Å². The Morgan fingerprint density at radius 3 is 2.54 bits per heavy atom. The third kappa shape index (κ3) is 3.80. The minimum atomic E-state index is -0.280. The lowest BCUT2D eigenvalue weighted by Crippen LogP contribution is -2.14. The first kappa shape index (κ1) is 18.2. The molecular weight excluding hydrogens is 346 g/mol. The molecule has 0 fully saturated rings. The summed E-state index contributed by atoms with van der Waals surface area (Å²) in [4.78, 5) is 12.7. The number of aryl methyl sites for hydroxylation is 2. The number of Topliss-reactive ketones (excluding diaryl/α,β-unsaturated/α-hetero) is 1. The van der Waals surface area contributed by atoms with Crippen molar-refractivity contribution in [2.45, 2.75) is 31.2 Å². The minimum Gasteiger partial charge on any atom is -0.497 e. The number of carbonyl (C=O) groups excluding carboxylic acids is 1. The lowest BCUT2D eigenvalue weighted by atomic mass is 10.1. The van der Waals surface area contributed by atoms with Gasteiger partial charge in [-0.3, -0.25) is 9.36 Å². The third-order valence-electron chi connectivity index (χ3n) is 4.15. The average molecular weight is 367 g/mol. The highest BCUT2D eigenvalue weighted by Gasteiger charge is 2.20. The summed E-state index contributed by atoms with van der Waals surface area (Å²) in [5.41, 5.74) is 4.02. The molecule has 3 aromatic rings. The number of hydrogen-bond acceptors (Lipinski definition) is 5. The van der Waals surface area contributed by atoms with Crippen molar-refractivity contribution in [3.05, 3.63) is 65.5 Å². The fourth-order valence-corrected chi connectivity index (χ4v) is 3.66. The second-order valence-corrected chi connectivity index (χ2v) is 7.43. The number of methoxy groups -OCH3 is 1. The first-order valence-corrected chi connectivity index (χ1v) is 9.20. The van der Waals surface area contributed by atoms with Gasteiger partial charge in [0.2, 0.25) is 0 Å². The molecule has 3 rings (SSSR count). The molecule has 0 aliphatic rings. The van der Waals surface area contributed by atoms with Crippen molar-refractivity contribution in [1.82, 2.24) is 14.8 Å². The Hall–Kier alpha value is -2.60. The van der Waals surface area contributed by atoms with Gasteiger partial charge in [-0.15, -0.1) is 10.2 Å². The third-order valence-corrected chi connectivity index (χ3v) is 5.21. The van der Waals surface area contributed by atoms with E-state index < -0.39 is 0 Å². The highest BCUT2D eigenvalue weighted by atomic mass is 32.2. The van der Waals surface area contributed by atoms with Gasteiger partial charge in [-0.1, -0.05) is 29.5 Å². The van der Waals surface area contributed by atoms with Crippen LogP contribution in [0.15, 0.2) is 53.9 Å². The zero-order valence-electron chi connectivity index (χ0n) is 15.3. The van der Waals surface area contributed by atoms with Crippen molar-refractivity contribution in [2.75, 3.05) is 7.11 Å². The Morgan fingerprint density at radius 1 is 1.15 bits per heavy atom. The van der Waals surface area contributed by atoms with Crippen LogP contribution in [-0.4, -0.2) is 32.9 Å². The summed E-state index contributed by atoms with van der Waals surface area (Å²) in [7, 11) is 1.61. The van der Waals surface area contributed by atoms with E-state index >= 15 is 0 Å². The highest BCUT2D eigenvalue weighted by Crippen LogP contribution is 2.27. The Kier molecular flexibility index (Phi) is 5.42. The Morgan fingerprint density at radius 2 is 1.88 bits per heavy atom. The van der Waals surface area contributed by atoms with E-state index in [1.54, 1.807) is 37.7 Å². The van der Waals surface area contributed by atoms with E-state index in [4.69, 9.17) is 4.74 Å². The second-order valence-electron chi connectivity index (χ2n) is 6.13. The molecule has 5 nitrogen and oxygen atoms in total. The summed E-state index contributed by atoms with van der Waals surface area (Å²) in [6.45, 7) is 6.01. The quantitative estimate of drug-likeness (QED) is 0.481. The molecule has 2 aromatic carbocycles. The predicted octanol–water partition coefficient (Wildman–Crippen LogP) is 4.26. The van der Waals surface area contributed by atoms with Crippen LogP contribution in [0.4, 0.5) is 0 Å². The molecule has 0 bridgehead atoms. The smallest absolute Gasteiger partial charge is 0.196 e. The molecule has 0 aliphatic heterocycles. The molecule has 0 spiro atoms. The summed E-state index contributed by atoms with van der Waals surface area (Å²) < 4.78 is 7.07. The average Bonchev–Trinajstić information content (AvgIpc) is 3.09. The molecular formula is C20H21N3O2S. The van der Waals surface area contributed by atoms with Crippen LogP contribution in [0, 0.1) is 13.8 Å². The number of carbonyl (C=O) groups is 1. The van der Waals surface area contributed by atoms with E-state index in [9.17, 15) is 4.79 Å². The molecule has 6 heteroatoms. The number of ether oxygens (including phenoxy) is 1. The molecule has 1 atom stereocenters. The number of aromatic nitrogens is 3. The van der Waals surface area contributed by atoms with Gasteiger partial charge in [-0.05, 0) is 56.7 Å². The number of thioether (sulfide) groups is 1. The van der Waals surface area contributed by atoms with E-state index in [2.05, 4.69) is 36.2 Å². The van der Waals surface area contributed by atoms with Crippen molar-refractivity contribution in [3.8, 4) is 11.4 Å². The summed E-state index contributed by atoms with van der Waals surface area (Å²) in [6.07, 6.45) is 1.69. The van der Waals surface area contributed by atoms with Crippen LogP contribution in [0.25, 0.3) is 5.69 Å². The van der Waals surface area contributed by atoms with Crippen LogP contribution in [0.5, 0.6) is 5.75 Å². The fraction of sp³-hybridized carbons (Fsp3) is 0.250. The summed E-state index contributed by atoms with van der Waals surface area (Å²) in [5, 5.41) is 8.66. The molecule has 0 N–H and O–H groups in total. The van der Waals surface area contributed by atoms with E-state index in [1.165, 1.54) is 17.3 Å². The monoisotopic (exact) mass is 367 g/mol. The topological polar surface area (TPSA) is 57.0 Å². The van der Waals surface area contributed by atoms with E-state index in [0.29, 0.717) is 10.7 Å². The predicted molar refractivity (Wildman–Crippen MR) is 103 cm³/mol. The van der Waals surface area contributed by atoms with Crippen molar-refractivity contribution in [2.24, 2.45) is 0 Å². The largest absolute Gasteiger partial charge is 0.497 e. The number of hydrogen-bond donors (Lipinski definition) is 0. The molecule has 0 saturated carbocycles. The standard InChI is InChI=1S/C20H21N3O2S/c1-13-5-10-18(14(2)11-13)23-12-21-22-20(23)26-15(3)19(24)16-6-8-17(25-4)9-7-16/h5-12,15H,1-4H3. The Balaban J connectivity index is 1.80. The maximum Gasteiger partial charge on any atom is 0.196 e. The van der Waals surface area contributed by atoms with E-state index in [0.717, 1.165) is 17.0 Å². The number of nitrogens with zero attached hydrogens (tertiary/aromatic N) is 3. The van der Waals surface area contributed by atoms with Crippen LogP contribution in [0.2, 0.25) is 0 Å². The molecule has 0 aliphatic carbocycles. The molecule has 1 unspecified atom stereocenters. The summed E-state index contributed by atoms with van der Waals surface area (Å²) in [5.74, 6) is 0.782. The van der Waals surface area contributed by atoms with Crippen LogP contribution in [0.3, 0.4) is 0 Å². The first-order valence-electron chi connectivity index (χ1n) is 8.32. The summed E-state index contributed by atoms with van der Waals surface area (Å²) in [6, 6.07) is 13.4.